The van der Waals surface area contributed by atoms with Gasteiger partial charge in [0.1, 0.15) is 22.8 Å². The van der Waals surface area contributed by atoms with Crippen molar-refractivity contribution in [2.75, 3.05) is 33.1 Å². The number of carbonyl (C=O) groups is 3. The maximum Gasteiger partial charge on any atom is 0.255 e. The standard InChI is InChI=1S/C30H34N4O7/c1-33(2)19-13-14(8-9-16-7-5-6-10-32-16)24(35)21-17(19)11-15-12-18-23(34(3)4)26(37)22(29(31)40)28(39)30(18,41)27(38)20(15)25(21)36/h5-7,10,13,15,18,23,35-36,39,41H,8-9,11-12H2,1-4H3,(H2,31,40). The third-order valence-electron chi connectivity index (χ3n) is 8.63. The highest BCUT2D eigenvalue weighted by molar-refractivity contribution is 6.24. The van der Waals surface area contributed by atoms with Crippen molar-refractivity contribution in [1.29, 1.82) is 0 Å². The smallest absolute Gasteiger partial charge is 0.255 e. The van der Waals surface area contributed by atoms with E-state index in [1.807, 2.05) is 43.3 Å². The summed E-state index contributed by atoms with van der Waals surface area (Å²) in [6, 6.07) is 6.30. The number of nitrogens with two attached hydrogens (primary N) is 1. The molecule has 1 heterocycles. The minimum absolute atomic E-state index is 0.0425. The van der Waals surface area contributed by atoms with Crippen LogP contribution in [0.4, 0.5) is 5.69 Å². The quantitative estimate of drug-likeness (QED) is 0.322. The van der Waals surface area contributed by atoms with E-state index in [0.29, 0.717) is 24.0 Å². The summed E-state index contributed by atoms with van der Waals surface area (Å²) in [4.78, 5) is 47.2. The van der Waals surface area contributed by atoms with E-state index in [9.17, 15) is 34.8 Å². The number of aryl methyl sites for hydroxylation is 2. The van der Waals surface area contributed by atoms with E-state index < -0.39 is 58.0 Å². The van der Waals surface area contributed by atoms with E-state index in [-0.39, 0.29) is 29.7 Å². The summed E-state index contributed by atoms with van der Waals surface area (Å²) in [5, 5.41) is 45.8. The highest BCUT2D eigenvalue weighted by Crippen LogP contribution is 2.54. The van der Waals surface area contributed by atoms with Gasteiger partial charge in [0.15, 0.2) is 11.4 Å². The third kappa shape index (κ3) is 4.18. The van der Waals surface area contributed by atoms with Gasteiger partial charge in [0.2, 0.25) is 5.78 Å². The average molecular weight is 563 g/mol. The maximum atomic E-state index is 14.1. The number of amides is 1. The predicted octanol–water partition coefficient (Wildman–Crippen LogP) is 1.21. The van der Waals surface area contributed by atoms with Crippen LogP contribution < -0.4 is 10.6 Å². The molecule has 1 aromatic heterocycles. The summed E-state index contributed by atoms with van der Waals surface area (Å²) in [7, 11) is 6.82. The van der Waals surface area contributed by atoms with Crippen molar-refractivity contribution in [2.24, 2.45) is 17.6 Å². The lowest BCUT2D eigenvalue weighted by atomic mass is 9.57. The molecular weight excluding hydrogens is 528 g/mol. The van der Waals surface area contributed by atoms with Crippen LogP contribution in [0, 0.1) is 11.8 Å². The summed E-state index contributed by atoms with van der Waals surface area (Å²) < 4.78 is 0. The monoisotopic (exact) mass is 562 g/mol. The number of aliphatic hydroxyl groups excluding tert-OH is 2. The molecule has 4 atom stereocenters. The molecule has 0 radical (unpaired) electrons. The van der Waals surface area contributed by atoms with Gasteiger partial charge < -0.3 is 31.1 Å². The molecule has 5 rings (SSSR count). The molecule has 2 aromatic rings. The number of carbonyl (C=O) groups excluding carboxylic acids is 3. The number of ketones is 2. The number of aromatic nitrogens is 1. The number of aromatic hydroxyl groups is 1. The number of phenolic OH excluding ortho intramolecular Hbond substituents is 1. The van der Waals surface area contributed by atoms with Crippen molar-refractivity contribution in [3.05, 3.63) is 69.8 Å². The number of aliphatic hydroxyl groups is 3. The van der Waals surface area contributed by atoms with Crippen molar-refractivity contribution in [2.45, 2.75) is 37.3 Å². The number of Topliss-reactive ketones (excluding diaryl/α,β-unsaturated/α-hetero) is 2. The van der Waals surface area contributed by atoms with Crippen molar-refractivity contribution in [1.82, 2.24) is 9.88 Å². The van der Waals surface area contributed by atoms with Crippen molar-refractivity contribution < 1.29 is 34.8 Å². The number of rotatable bonds is 6. The Morgan fingerprint density at radius 3 is 2.41 bits per heavy atom. The number of nitrogens with zero attached hydrogens (tertiary/aromatic N) is 3. The topological polar surface area (TPSA) is 178 Å². The summed E-state index contributed by atoms with van der Waals surface area (Å²) in [6.07, 6.45) is 2.89. The first-order valence-electron chi connectivity index (χ1n) is 13.4. The van der Waals surface area contributed by atoms with Crippen LogP contribution >= 0.6 is 0 Å². The van der Waals surface area contributed by atoms with Crippen LogP contribution in [0.3, 0.4) is 0 Å². The Morgan fingerprint density at radius 2 is 1.83 bits per heavy atom. The molecule has 0 bridgehead atoms. The summed E-state index contributed by atoms with van der Waals surface area (Å²) in [5.74, 6) is -6.60. The van der Waals surface area contributed by atoms with Gasteiger partial charge in [-0.2, -0.15) is 0 Å². The molecule has 41 heavy (non-hydrogen) atoms. The van der Waals surface area contributed by atoms with Gasteiger partial charge in [-0.25, -0.2) is 0 Å². The maximum absolute atomic E-state index is 14.1. The molecule has 11 heteroatoms. The number of anilines is 1. The van der Waals surface area contributed by atoms with Gasteiger partial charge in [0.05, 0.1) is 11.6 Å². The molecule has 0 aliphatic heterocycles. The van der Waals surface area contributed by atoms with E-state index in [0.717, 1.165) is 11.4 Å². The number of primary amides is 1. The molecule has 4 unspecified atom stereocenters. The second-order valence-corrected chi connectivity index (χ2v) is 11.4. The van der Waals surface area contributed by atoms with Crippen LogP contribution in [-0.2, 0) is 33.6 Å². The van der Waals surface area contributed by atoms with Crippen LogP contribution in [0.25, 0.3) is 5.76 Å². The van der Waals surface area contributed by atoms with Gasteiger partial charge in [-0.15, -0.1) is 0 Å². The molecule has 3 aliphatic carbocycles. The predicted molar refractivity (Wildman–Crippen MR) is 150 cm³/mol. The molecule has 11 nitrogen and oxygen atoms in total. The van der Waals surface area contributed by atoms with E-state index in [2.05, 4.69) is 4.98 Å². The zero-order valence-electron chi connectivity index (χ0n) is 23.4. The fourth-order valence-corrected chi connectivity index (χ4v) is 6.74. The van der Waals surface area contributed by atoms with Crippen molar-refractivity contribution in [3.8, 4) is 5.75 Å². The molecule has 3 aliphatic rings. The van der Waals surface area contributed by atoms with Crippen molar-refractivity contribution >= 4 is 28.9 Å². The zero-order valence-corrected chi connectivity index (χ0v) is 23.4. The van der Waals surface area contributed by atoms with E-state index in [1.54, 1.807) is 20.3 Å². The van der Waals surface area contributed by atoms with Crippen LogP contribution in [0.15, 0.2) is 47.4 Å². The number of hydrogen-bond acceptors (Lipinski definition) is 10. The van der Waals surface area contributed by atoms with Gasteiger partial charge in [-0.05, 0) is 75.0 Å². The van der Waals surface area contributed by atoms with Gasteiger partial charge in [-0.3, -0.25) is 24.3 Å². The van der Waals surface area contributed by atoms with E-state index in [1.165, 1.54) is 4.90 Å². The highest BCUT2D eigenvalue weighted by Gasteiger charge is 2.64. The van der Waals surface area contributed by atoms with Crippen LogP contribution in [0.5, 0.6) is 5.75 Å². The number of hydrogen-bond donors (Lipinski definition) is 5. The Balaban J connectivity index is 1.68. The number of likely N-dealkylation sites (N-methyl/N-ethyl adjacent to an activating group) is 1. The van der Waals surface area contributed by atoms with Crippen LogP contribution in [-0.4, -0.2) is 87.6 Å². The molecule has 216 valence electrons. The summed E-state index contributed by atoms with van der Waals surface area (Å²) >= 11 is 0. The van der Waals surface area contributed by atoms with Crippen LogP contribution in [0.2, 0.25) is 0 Å². The fraction of sp³-hybridized carbons (Fsp3) is 0.400. The lowest BCUT2D eigenvalue weighted by Gasteiger charge is -2.50. The molecule has 0 spiro atoms. The first-order chi connectivity index (χ1) is 19.3. The third-order valence-corrected chi connectivity index (χ3v) is 8.63. The van der Waals surface area contributed by atoms with Gasteiger partial charge in [0, 0.05) is 43.2 Å². The lowest BCUT2D eigenvalue weighted by Crippen LogP contribution is -2.65. The second-order valence-electron chi connectivity index (χ2n) is 11.4. The summed E-state index contributed by atoms with van der Waals surface area (Å²) in [6.45, 7) is 0. The SMILES string of the molecule is CN(C)c1cc(CCc2ccccn2)c(O)c2c1CC1CC3C(N(C)C)C(=O)C(C(N)=O)=C(O)C3(O)C(=O)C1=C2O. The number of phenols is 1. The highest BCUT2D eigenvalue weighted by atomic mass is 16.3. The number of benzene rings is 1. The molecule has 1 saturated carbocycles. The Bertz CT molecular complexity index is 1530. The normalized spacial score (nSPS) is 25.7. The molecular formula is C30H34N4O7. The Labute approximate surface area is 237 Å². The molecule has 0 saturated heterocycles. The second kappa shape index (κ2) is 10.0. The summed E-state index contributed by atoms with van der Waals surface area (Å²) in [5.41, 5.74) is 4.54. The lowest BCUT2D eigenvalue weighted by molar-refractivity contribution is -0.153. The van der Waals surface area contributed by atoms with E-state index >= 15 is 0 Å². The first kappa shape index (κ1) is 28.3. The van der Waals surface area contributed by atoms with Crippen molar-refractivity contribution in [3.63, 3.8) is 0 Å². The Morgan fingerprint density at radius 1 is 1.12 bits per heavy atom. The Kier molecular flexibility index (Phi) is 6.91. The first-order valence-corrected chi connectivity index (χ1v) is 13.4. The zero-order chi connectivity index (χ0) is 30.0. The van der Waals surface area contributed by atoms with Gasteiger partial charge >= 0.3 is 0 Å². The average Bonchev–Trinajstić information content (AvgIpc) is 2.90. The molecule has 6 N–H and O–H groups in total. The minimum Gasteiger partial charge on any atom is -0.508 e. The van der Waals surface area contributed by atoms with E-state index in [4.69, 9.17) is 5.73 Å². The van der Waals surface area contributed by atoms with Gasteiger partial charge in [0.25, 0.3) is 5.91 Å². The largest absolute Gasteiger partial charge is 0.508 e. The number of fused-ring (bicyclic) bond motifs is 3. The fourth-order valence-electron chi connectivity index (χ4n) is 6.74. The Hall–Kier alpha value is -4.22. The molecule has 1 fully saturated rings. The van der Waals surface area contributed by atoms with Crippen LogP contribution in [0.1, 0.15) is 28.8 Å². The van der Waals surface area contributed by atoms with Gasteiger partial charge in [-0.1, -0.05) is 6.07 Å². The molecule has 1 aromatic carbocycles. The number of pyridine rings is 1. The molecule has 1 amide bonds. The minimum atomic E-state index is -2.67.